The smallest absolute Gasteiger partial charge is 0.306 e. The number of esters is 2. The van der Waals surface area contributed by atoms with Crippen molar-refractivity contribution in [3.05, 3.63) is 60.8 Å². The molecule has 8 heteroatoms. The third-order valence-corrected chi connectivity index (χ3v) is 8.42. The Kier molecular flexibility index (Phi) is 32.1. The van der Waals surface area contributed by atoms with Gasteiger partial charge in [-0.05, 0) is 57.8 Å². The van der Waals surface area contributed by atoms with E-state index < -0.39 is 18.1 Å². The fourth-order valence-electron chi connectivity index (χ4n) is 5.33. The molecular weight excluding hydrogens is 642 g/mol. The predicted molar refractivity (Wildman–Crippen MR) is 208 cm³/mol. The Bertz CT molecular complexity index is 1020. The van der Waals surface area contributed by atoms with Crippen LogP contribution in [0.3, 0.4) is 0 Å². The molecule has 0 heterocycles. The maximum Gasteiger partial charge on any atom is 0.306 e. The summed E-state index contributed by atoms with van der Waals surface area (Å²) in [4.78, 5) is 36.6. The number of hydrogen-bond donors (Lipinski definition) is 0. The van der Waals surface area contributed by atoms with E-state index >= 15 is 0 Å². The molecule has 2 unspecified atom stereocenters. The van der Waals surface area contributed by atoms with Gasteiger partial charge in [0.05, 0.1) is 40.3 Å². The van der Waals surface area contributed by atoms with Crippen LogP contribution in [0.15, 0.2) is 60.8 Å². The van der Waals surface area contributed by atoms with Crippen LogP contribution in [-0.2, 0) is 28.6 Å². The average Bonchev–Trinajstić information content (AvgIpc) is 3.08. The van der Waals surface area contributed by atoms with E-state index in [1.807, 2.05) is 0 Å². The van der Waals surface area contributed by atoms with Crippen molar-refractivity contribution in [3.8, 4) is 0 Å². The quantitative estimate of drug-likeness (QED) is 0.0284. The summed E-state index contributed by atoms with van der Waals surface area (Å²) >= 11 is 0. The van der Waals surface area contributed by atoms with E-state index in [-0.39, 0.29) is 49.1 Å². The highest BCUT2D eigenvalue weighted by Crippen LogP contribution is 2.12. The van der Waals surface area contributed by atoms with Gasteiger partial charge in [-0.25, -0.2) is 0 Å². The van der Waals surface area contributed by atoms with Crippen LogP contribution < -0.4 is 5.11 Å². The van der Waals surface area contributed by atoms with Gasteiger partial charge in [-0.2, -0.15) is 0 Å². The van der Waals surface area contributed by atoms with Crippen molar-refractivity contribution in [3.63, 3.8) is 0 Å². The zero-order chi connectivity index (χ0) is 37.8. The van der Waals surface area contributed by atoms with Crippen LogP contribution in [0.1, 0.15) is 142 Å². The molecule has 0 spiro atoms. The van der Waals surface area contributed by atoms with E-state index in [9.17, 15) is 19.5 Å². The standard InChI is InChI=1S/C43H73NO7/c1-6-8-10-12-14-16-17-18-19-20-21-22-23-24-25-26-28-30-32-34-42(46)51-39(37-49-36-35-40(43(47)48)44(3,4)5)38-50-41(45)33-31-29-27-15-13-11-9-7-2/h8,10,14,16,18-19,21-22,24-25,39-40H,6-7,9,11-13,15,17,20,23,26-38H2,1-5H3/b10-8+,16-14+,19-18+,22-21+,25-24+. The number of aliphatic carboxylic acids is 1. The Morgan fingerprint density at radius 1 is 0.608 bits per heavy atom. The maximum atomic E-state index is 12.6. The molecule has 0 saturated carbocycles. The normalized spacial score (nSPS) is 13.7. The summed E-state index contributed by atoms with van der Waals surface area (Å²) in [5, 5.41) is 11.6. The van der Waals surface area contributed by atoms with E-state index in [1.165, 1.54) is 32.1 Å². The summed E-state index contributed by atoms with van der Waals surface area (Å²) in [6, 6.07) is -0.731. The Morgan fingerprint density at radius 2 is 1.10 bits per heavy atom. The van der Waals surface area contributed by atoms with Gasteiger partial charge in [-0.3, -0.25) is 9.59 Å². The average molecular weight is 716 g/mol. The highest BCUT2D eigenvalue weighted by Gasteiger charge is 2.25. The van der Waals surface area contributed by atoms with Crippen LogP contribution in [0.2, 0.25) is 0 Å². The van der Waals surface area contributed by atoms with E-state index in [0.29, 0.717) is 12.8 Å². The minimum atomic E-state index is -1.13. The fourth-order valence-corrected chi connectivity index (χ4v) is 5.33. The lowest BCUT2D eigenvalue weighted by Crippen LogP contribution is -2.55. The molecule has 0 aliphatic carbocycles. The van der Waals surface area contributed by atoms with Crippen molar-refractivity contribution >= 4 is 17.9 Å². The first kappa shape index (κ1) is 48.0. The van der Waals surface area contributed by atoms with Crippen LogP contribution in [0, 0.1) is 0 Å². The molecule has 0 aromatic heterocycles. The summed E-state index contributed by atoms with van der Waals surface area (Å²) in [6.07, 6.45) is 39.7. The molecule has 0 N–H and O–H groups in total. The van der Waals surface area contributed by atoms with Crippen LogP contribution in [-0.4, -0.2) is 75.5 Å². The first-order valence-electron chi connectivity index (χ1n) is 19.8. The Hall–Kier alpha value is -2.97. The number of likely N-dealkylation sites (N-methyl/N-ethyl adjacent to an activating group) is 1. The maximum absolute atomic E-state index is 12.6. The van der Waals surface area contributed by atoms with E-state index in [1.54, 1.807) is 21.1 Å². The van der Waals surface area contributed by atoms with Gasteiger partial charge in [0, 0.05) is 19.3 Å². The second-order valence-electron chi connectivity index (χ2n) is 14.1. The molecule has 0 aliphatic heterocycles. The number of unbranched alkanes of at least 4 members (excludes halogenated alkanes) is 10. The van der Waals surface area contributed by atoms with E-state index in [0.717, 1.165) is 70.6 Å². The first-order valence-corrected chi connectivity index (χ1v) is 19.8. The second kappa shape index (κ2) is 34.1. The SMILES string of the molecule is CC/C=C/C/C=C/C/C=C/C/C=C/C/C=C/CCCCCC(=O)OC(COCCC(C(=O)[O-])[N+](C)(C)C)COC(=O)CCCCCCCCCC. The molecular formula is C43H73NO7. The number of carbonyl (C=O) groups excluding carboxylic acids is 3. The summed E-state index contributed by atoms with van der Waals surface area (Å²) < 4.78 is 17.0. The number of carboxylic acids is 1. The van der Waals surface area contributed by atoms with Gasteiger partial charge in [-0.1, -0.05) is 126 Å². The number of rotatable bonds is 34. The highest BCUT2D eigenvalue weighted by molar-refractivity contribution is 5.70. The van der Waals surface area contributed by atoms with Crippen molar-refractivity contribution in [2.45, 2.75) is 154 Å². The highest BCUT2D eigenvalue weighted by atomic mass is 16.6. The topological polar surface area (TPSA) is 102 Å². The lowest BCUT2D eigenvalue weighted by Gasteiger charge is -2.34. The van der Waals surface area contributed by atoms with E-state index in [4.69, 9.17) is 14.2 Å². The predicted octanol–water partition coefficient (Wildman–Crippen LogP) is 8.91. The van der Waals surface area contributed by atoms with Crippen molar-refractivity contribution in [1.82, 2.24) is 0 Å². The summed E-state index contributed by atoms with van der Waals surface area (Å²) in [6.45, 7) is 4.46. The molecule has 0 aliphatic rings. The molecule has 0 amide bonds. The van der Waals surface area contributed by atoms with Gasteiger partial charge < -0.3 is 28.6 Å². The molecule has 0 fully saturated rings. The number of nitrogens with zero attached hydrogens (tertiary/aromatic N) is 1. The molecule has 8 nitrogen and oxygen atoms in total. The lowest BCUT2D eigenvalue weighted by molar-refractivity contribution is -0.889. The third kappa shape index (κ3) is 32.7. The molecule has 0 saturated heterocycles. The molecule has 0 aromatic carbocycles. The third-order valence-electron chi connectivity index (χ3n) is 8.42. The minimum Gasteiger partial charge on any atom is -0.544 e. The lowest BCUT2D eigenvalue weighted by atomic mass is 10.1. The number of quaternary nitrogens is 1. The first-order chi connectivity index (χ1) is 24.6. The van der Waals surface area contributed by atoms with Crippen LogP contribution >= 0.6 is 0 Å². The number of ether oxygens (including phenoxy) is 3. The Labute approximate surface area is 311 Å². The van der Waals surface area contributed by atoms with E-state index in [2.05, 4.69) is 74.6 Å². The second-order valence-corrected chi connectivity index (χ2v) is 14.1. The van der Waals surface area contributed by atoms with Gasteiger partial charge in [0.15, 0.2) is 6.10 Å². The monoisotopic (exact) mass is 716 g/mol. The fraction of sp³-hybridized carbons (Fsp3) is 0.698. The Balaban J connectivity index is 4.43. The zero-order valence-electron chi connectivity index (χ0n) is 33.0. The van der Waals surface area contributed by atoms with Crippen molar-refractivity contribution in [1.29, 1.82) is 0 Å². The van der Waals surface area contributed by atoms with Crippen molar-refractivity contribution in [2.75, 3.05) is 41.0 Å². The van der Waals surface area contributed by atoms with Gasteiger partial charge in [0.1, 0.15) is 12.6 Å². The molecule has 0 radical (unpaired) electrons. The number of carbonyl (C=O) groups is 3. The van der Waals surface area contributed by atoms with Gasteiger partial charge in [0.25, 0.3) is 0 Å². The molecule has 51 heavy (non-hydrogen) atoms. The minimum absolute atomic E-state index is 0.0256. The van der Waals surface area contributed by atoms with Crippen LogP contribution in [0.4, 0.5) is 0 Å². The number of hydrogen-bond acceptors (Lipinski definition) is 7. The van der Waals surface area contributed by atoms with Gasteiger partial charge in [0.2, 0.25) is 0 Å². The Morgan fingerprint density at radius 3 is 1.63 bits per heavy atom. The molecule has 292 valence electrons. The molecule has 0 rings (SSSR count). The molecule has 0 bridgehead atoms. The number of allylic oxidation sites excluding steroid dienone is 10. The molecule has 0 aromatic rings. The van der Waals surface area contributed by atoms with Gasteiger partial charge >= 0.3 is 11.9 Å². The van der Waals surface area contributed by atoms with Crippen molar-refractivity contribution in [2.24, 2.45) is 0 Å². The largest absolute Gasteiger partial charge is 0.544 e. The summed E-state index contributed by atoms with van der Waals surface area (Å²) in [5.74, 6) is -1.79. The van der Waals surface area contributed by atoms with Crippen molar-refractivity contribution < 1.29 is 38.2 Å². The summed E-state index contributed by atoms with van der Waals surface area (Å²) in [5.41, 5.74) is 0. The van der Waals surface area contributed by atoms with Gasteiger partial charge in [-0.15, -0.1) is 0 Å². The number of carboxylic acid groups (broad SMARTS) is 1. The zero-order valence-corrected chi connectivity index (χ0v) is 33.0. The van der Waals surface area contributed by atoms with Crippen LogP contribution in [0.5, 0.6) is 0 Å². The molecule has 2 atom stereocenters. The summed E-state index contributed by atoms with van der Waals surface area (Å²) in [7, 11) is 5.38. The van der Waals surface area contributed by atoms with Crippen LogP contribution in [0.25, 0.3) is 0 Å².